The van der Waals surface area contributed by atoms with Gasteiger partial charge in [-0.25, -0.2) is 4.79 Å². The number of carbonyl (C=O) groups is 1. The van der Waals surface area contributed by atoms with Crippen molar-refractivity contribution in [2.45, 2.75) is 12.8 Å². The summed E-state index contributed by atoms with van der Waals surface area (Å²) in [7, 11) is 1.42. The van der Waals surface area contributed by atoms with Crippen LogP contribution in [-0.4, -0.2) is 13.1 Å². The minimum Gasteiger partial charge on any atom is -0.466 e. The van der Waals surface area contributed by atoms with Crippen LogP contribution < -0.4 is 0 Å². The van der Waals surface area contributed by atoms with E-state index in [9.17, 15) is 4.79 Å². The van der Waals surface area contributed by atoms with Crippen LogP contribution in [0.15, 0.2) is 23.8 Å². The van der Waals surface area contributed by atoms with Crippen LogP contribution in [0.4, 0.5) is 0 Å². The number of hydrogen-bond acceptors (Lipinski definition) is 2. The van der Waals surface area contributed by atoms with Gasteiger partial charge in [0.15, 0.2) is 0 Å². The van der Waals surface area contributed by atoms with Gasteiger partial charge in [-0.05, 0) is 24.7 Å². The van der Waals surface area contributed by atoms with Gasteiger partial charge in [-0.2, -0.15) is 0 Å². The minimum absolute atomic E-state index is 0.217. The molecule has 0 N–H and O–H groups in total. The maximum atomic E-state index is 10.9. The third-order valence-corrected chi connectivity index (χ3v) is 2.65. The fourth-order valence-electron chi connectivity index (χ4n) is 2.03. The molecule has 1 fully saturated rings. The summed E-state index contributed by atoms with van der Waals surface area (Å²) < 4.78 is 4.58. The molecule has 64 valence electrons. The molecule has 12 heavy (non-hydrogen) atoms. The average Bonchev–Trinajstić information content (AvgIpc) is 2.64. The molecule has 2 bridgehead atoms. The standard InChI is InChI=1S/C10H12O2/c1-12-10(11)6-9-5-7-2-3-8(9)4-7/h2-3,6-8H,4-5H2,1H3/b9-6-/t7-,8+/m0/s1. The van der Waals surface area contributed by atoms with Crippen LogP contribution in [0, 0.1) is 11.8 Å². The molecule has 2 nitrogen and oxygen atoms in total. The van der Waals surface area contributed by atoms with Gasteiger partial charge < -0.3 is 4.74 Å². The van der Waals surface area contributed by atoms with E-state index in [4.69, 9.17) is 0 Å². The summed E-state index contributed by atoms with van der Waals surface area (Å²) in [5.41, 5.74) is 1.24. The van der Waals surface area contributed by atoms with Crippen LogP contribution in [0.5, 0.6) is 0 Å². The first-order valence-corrected chi connectivity index (χ1v) is 4.26. The Kier molecular flexibility index (Phi) is 1.75. The van der Waals surface area contributed by atoms with Crippen LogP contribution in [0.3, 0.4) is 0 Å². The minimum atomic E-state index is -0.217. The molecule has 0 saturated heterocycles. The molecule has 2 aliphatic carbocycles. The van der Waals surface area contributed by atoms with E-state index in [-0.39, 0.29) is 5.97 Å². The van der Waals surface area contributed by atoms with Crippen LogP contribution in [0.25, 0.3) is 0 Å². The van der Waals surface area contributed by atoms with E-state index in [1.54, 1.807) is 6.08 Å². The Balaban J connectivity index is 2.12. The van der Waals surface area contributed by atoms with Crippen molar-refractivity contribution in [1.29, 1.82) is 0 Å². The lowest BCUT2D eigenvalue weighted by Gasteiger charge is -2.06. The molecule has 0 radical (unpaired) electrons. The topological polar surface area (TPSA) is 26.3 Å². The first-order valence-electron chi connectivity index (χ1n) is 4.26. The summed E-state index contributed by atoms with van der Waals surface area (Å²) >= 11 is 0. The second kappa shape index (κ2) is 2.77. The molecule has 0 spiro atoms. The highest BCUT2D eigenvalue weighted by Crippen LogP contribution is 2.42. The van der Waals surface area contributed by atoms with Crippen LogP contribution >= 0.6 is 0 Å². The molecule has 1 saturated carbocycles. The number of carbonyl (C=O) groups excluding carboxylic acids is 1. The molecular weight excluding hydrogens is 152 g/mol. The Bertz CT molecular complexity index is 263. The van der Waals surface area contributed by atoms with Gasteiger partial charge in [0, 0.05) is 6.08 Å². The number of ether oxygens (including phenoxy) is 1. The van der Waals surface area contributed by atoms with Crippen molar-refractivity contribution < 1.29 is 9.53 Å². The first kappa shape index (κ1) is 7.59. The third-order valence-electron chi connectivity index (χ3n) is 2.65. The van der Waals surface area contributed by atoms with Gasteiger partial charge in [0.05, 0.1) is 7.11 Å². The lowest BCUT2D eigenvalue weighted by molar-refractivity contribution is -0.134. The fraction of sp³-hybridized carbons (Fsp3) is 0.500. The van der Waals surface area contributed by atoms with Crippen LogP contribution in [-0.2, 0) is 9.53 Å². The van der Waals surface area contributed by atoms with Gasteiger partial charge in [-0.1, -0.05) is 17.7 Å². The van der Waals surface area contributed by atoms with E-state index in [0.717, 1.165) is 6.42 Å². The molecule has 2 heteroatoms. The third kappa shape index (κ3) is 1.17. The largest absolute Gasteiger partial charge is 0.466 e. The van der Waals surface area contributed by atoms with Crippen LogP contribution in [0.2, 0.25) is 0 Å². The Morgan fingerprint density at radius 1 is 1.67 bits per heavy atom. The zero-order valence-corrected chi connectivity index (χ0v) is 7.12. The highest BCUT2D eigenvalue weighted by atomic mass is 16.5. The van der Waals surface area contributed by atoms with Crippen LogP contribution in [0.1, 0.15) is 12.8 Å². The molecule has 0 unspecified atom stereocenters. The molecule has 2 atom stereocenters. The average molecular weight is 164 g/mol. The van der Waals surface area contributed by atoms with E-state index in [1.807, 2.05) is 0 Å². The van der Waals surface area contributed by atoms with Crippen molar-refractivity contribution >= 4 is 5.97 Å². The Morgan fingerprint density at radius 3 is 3.00 bits per heavy atom. The maximum Gasteiger partial charge on any atom is 0.330 e. The summed E-state index contributed by atoms with van der Waals surface area (Å²) in [5, 5.41) is 0. The number of rotatable bonds is 1. The molecule has 0 heterocycles. The number of allylic oxidation sites excluding steroid dienone is 3. The normalized spacial score (nSPS) is 34.6. The predicted octanol–water partition coefficient (Wildman–Crippen LogP) is 1.68. The van der Waals surface area contributed by atoms with Crippen molar-refractivity contribution in [2.24, 2.45) is 11.8 Å². The molecule has 2 aliphatic rings. The summed E-state index contributed by atoms with van der Waals surface area (Å²) in [6, 6.07) is 0. The Morgan fingerprint density at radius 2 is 2.50 bits per heavy atom. The summed E-state index contributed by atoms with van der Waals surface area (Å²) in [6.07, 6.45) is 8.34. The molecule has 2 rings (SSSR count). The molecule has 0 aromatic heterocycles. The first-order chi connectivity index (χ1) is 5.79. The van der Waals surface area contributed by atoms with E-state index in [2.05, 4.69) is 16.9 Å². The highest BCUT2D eigenvalue weighted by molar-refractivity contribution is 5.83. The summed E-state index contributed by atoms with van der Waals surface area (Å²) in [5.74, 6) is 0.992. The SMILES string of the molecule is COC(=O)/C=C1/C[C@H]2C=C[C@@H]1C2. The van der Waals surface area contributed by atoms with Crippen molar-refractivity contribution in [3.05, 3.63) is 23.8 Å². The second-order valence-corrected chi connectivity index (χ2v) is 3.43. The molecule has 0 aromatic carbocycles. The van der Waals surface area contributed by atoms with Crippen molar-refractivity contribution in [1.82, 2.24) is 0 Å². The van der Waals surface area contributed by atoms with E-state index < -0.39 is 0 Å². The van der Waals surface area contributed by atoms with Gasteiger partial charge in [-0.3, -0.25) is 0 Å². The fourth-order valence-corrected chi connectivity index (χ4v) is 2.03. The highest BCUT2D eigenvalue weighted by Gasteiger charge is 2.31. The lowest BCUT2D eigenvalue weighted by atomic mass is 10.0. The second-order valence-electron chi connectivity index (χ2n) is 3.43. The van der Waals surface area contributed by atoms with Gasteiger partial charge >= 0.3 is 5.97 Å². The van der Waals surface area contributed by atoms with E-state index in [1.165, 1.54) is 19.1 Å². The molecule has 0 amide bonds. The quantitative estimate of drug-likeness (QED) is 0.335. The molecule has 0 aromatic rings. The van der Waals surface area contributed by atoms with Gasteiger partial charge in [0.2, 0.25) is 0 Å². The number of esters is 1. The van der Waals surface area contributed by atoms with E-state index in [0.29, 0.717) is 11.8 Å². The lowest BCUT2D eigenvalue weighted by Crippen LogP contribution is -2.00. The van der Waals surface area contributed by atoms with Crippen molar-refractivity contribution in [2.75, 3.05) is 7.11 Å². The Labute approximate surface area is 71.9 Å². The van der Waals surface area contributed by atoms with Crippen molar-refractivity contribution in [3.8, 4) is 0 Å². The zero-order valence-electron chi connectivity index (χ0n) is 7.12. The predicted molar refractivity (Wildman–Crippen MR) is 45.5 cm³/mol. The van der Waals surface area contributed by atoms with E-state index >= 15 is 0 Å². The number of fused-ring (bicyclic) bond motifs is 2. The number of methoxy groups -OCH3 is 1. The smallest absolute Gasteiger partial charge is 0.330 e. The van der Waals surface area contributed by atoms with Gasteiger partial charge in [0.1, 0.15) is 0 Å². The Hall–Kier alpha value is -1.05. The summed E-state index contributed by atoms with van der Waals surface area (Å²) in [6.45, 7) is 0. The maximum absolute atomic E-state index is 10.9. The molecular formula is C10H12O2. The number of hydrogen-bond donors (Lipinski definition) is 0. The molecule has 0 aliphatic heterocycles. The van der Waals surface area contributed by atoms with Crippen molar-refractivity contribution in [3.63, 3.8) is 0 Å². The monoisotopic (exact) mass is 164 g/mol. The van der Waals surface area contributed by atoms with Gasteiger partial charge in [0.25, 0.3) is 0 Å². The summed E-state index contributed by atoms with van der Waals surface area (Å²) in [4.78, 5) is 10.9. The zero-order chi connectivity index (χ0) is 8.55. The van der Waals surface area contributed by atoms with Gasteiger partial charge in [-0.15, -0.1) is 0 Å².